The zero-order chi connectivity index (χ0) is 17.6. The maximum atomic E-state index is 11.7. The molecule has 1 fully saturated rings. The number of carbonyl (C=O) groups is 1. The van der Waals surface area contributed by atoms with Gasteiger partial charge in [0.15, 0.2) is 6.10 Å². The summed E-state index contributed by atoms with van der Waals surface area (Å²) in [6, 6.07) is 16.8. The summed E-state index contributed by atoms with van der Waals surface area (Å²) in [5.74, 6) is 0. The Kier molecular flexibility index (Phi) is 5.31. The van der Waals surface area contributed by atoms with Crippen LogP contribution in [0.3, 0.4) is 0 Å². The normalized spacial score (nSPS) is 20.4. The lowest BCUT2D eigenvalue weighted by molar-refractivity contribution is 0.136. The molecule has 1 amide bonds. The molecule has 126 valence electrons. The molecule has 25 heavy (non-hydrogen) atoms. The van der Waals surface area contributed by atoms with Crippen molar-refractivity contribution in [3.05, 3.63) is 89.1 Å². The van der Waals surface area contributed by atoms with Crippen molar-refractivity contribution >= 4 is 30.0 Å². The maximum Gasteiger partial charge on any atom is 0.408 e. The van der Waals surface area contributed by atoms with Gasteiger partial charge >= 0.3 is 6.09 Å². The van der Waals surface area contributed by atoms with Gasteiger partial charge in [0.1, 0.15) is 0 Å². The topological polar surface area (TPSA) is 50.7 Å². The number of hydrogen-bond acceptors (Lipinski definition) is 3. The van der Waals surface area contributed by atoms with Crippen molar-refractivity contribution in [2.45, 2.75) is 12.1 Å². The fraction of sp³-hybridized carbons (Fsp3) is 0.100. The average molecular weight is 353 g/mol. The lowest BCUT2D eigenvalue weighted by Gasteiger charge is -2.14. The van der Waals surface area contributed by atoms with E-state index in [1.54, 1.807) is 18.3 Å². The van der Waals surface area contributed by atoms with Gasteiger partial charge in [-0.1, -0.05) is 66.2 Å². The molecule has 2 atom stereocenters. The number of carbonyl (C=O) groups excluding carboxylic acids is 1. The van der Waals surface area contributed by atoms with Crippen LogP contribution in [-0.4, -0.2) is 18.9 Å². The fourth-order valence-corrected chi connectivity index (χ4v) is 2.79. The average Bonchev–Trinajstić information content (AvgIpc) is 3.00. The highest BCUT2D eigenvalue weighted by molar-refractivity contribution is 6.30. The van der Waals surface area contributed by atoms with E-state index in [2.05, 4.69) is 17.0 Å². The van der Waals surface area contributed by atoms with E-state index < -0.39 is 12.2 Å². The van der Waals surface area contributed by atoms with Crippen LogP contribution in [0.1, 0.15) is 17.2 Å². The molecule has 5 heteroatoms. The Labute approximate surface area is 151 Å². The number of nitrogens with zero attached hydrogens (tertiary/aromatic N) is 1. The number of nitrogens with one attached hydrogen (secondary N) is 1. The summed E-state index contributed by atoms with van der Waals surface area (Å²) >= 11 is 5.93. The van der Waals surface area contributed by atoms with Crippen molar-refractivity contribution in [2.75, 3.05) is 0 Å². The van der Waals surface area contributed by atoms with Gasteiger partial charge in [0.05, 0.1) is 6.04 Å². The van der Waals surface area contributed by atoms with Gasteiger partial charge in [-0.25, -0.2) is 4.79 Å². The number of allylic oxidation sites excluding steroid dienone is 2. The van der Waals surface area contributed by atoms with Gasteiger partial charge in [0.2, 0.25) is 0 Å². The molecular weight excluding hydrogens is 336 g/mol. The summed E-state index contributed by atoms with van der Waals surface area (Å²) in [6.45, 7) is 3.52. The molecule has 0 spiro atoms. The maximum absolute atomic E-state index is 11.7. The summed E-state index contributed by atoms with van der Waals surface area (Å²) in [5.41, 5.74) is 2.79. The summed E-state index contributed by atoms with van der Waals surface area (Å²) in [4.78, 5) is 15.6. The molecule has 2 aromatic rings. The highest BCUT2D eigenvalue weighted by Crippen LogP contribution is 2.29. The van der Waals surface area contributed by atoms with Crippen LogP contribution < -0.4 is 5.32 Å². The lowest BCUT2D eigenvalue weighted by Crippen LogP contribution is -2.25. The van der Waals surface area contributed by atoms with Crippen molar-refractivity contribution < 1.29 is 9.53 Å². The summed E-state index contributed by atoms with van der Waals surface area (Å²) in [6.07, 6.45) is 4.64. The first-order valence-electron chi connectivity index (χ1n) is 7.79. The molecule has 0 aliphatic carbocycles. The van der Waals surface area contributed by atoms with Crippen LogP contribution in [0.15, 0.2) is 77.9 Å². The number of ether oxygens (including phenoxy) is 1. The molecule has 3 rings (SSSR count). The first kappa shape index (κ1) is 17.0. The van der Waals surface area contributed by atoms with E-state index in [1.165, 1.54) is 0 Å². The third-order valence-corrected chi connectivity index (χ3v) is 4.12. The van der Waals surface area contributed by atoms with Crippen LogP contribution in [0.2, 0.25) is 5.02 Å². The largest absolute Gasteiger partial charge is 0.439 e. The third-order valence-electron chi connectivity index (χ3n) is 3.86. The minimum atomic E-state index is -0.443. The number of cyclic esters (lactones) is 1. The number of benzene rings is 2. The molecule has 2 aromatic carbocycles. The Morgan fingerprint density at radius 3 is 2.56 bits per heavy atom. The molecule has 4 nitrogen and oxygen atoms in total. The van der Waals surface area contributed by atoms with E-state index in [0.29, 0.717) is 5.02 Å². The Bertz CT molecular complexity index is 813. The van der Waals surface area contributed by atoms with Crippen LogP contribution in [0.5, 0.6) is 0 Å². The summed E-state index contributed by atoms with van der Waals surface area (Å²) in [7, 11) is 0. The number of halogens is 1. The molecule has 0 unspecified atom stereocenters. The Morgan fingerprint density at radius 1 is 1.16 bits per heavy atom. The van der Waals surface area contributed by atoms with Crippen LogP contribution in [0.25, 0.3) is 5.57 Å². The van der Waals surface area contributed by atoms with Gasteiger partial charge in [-0.2, -0.15) is 0 Å². The number of hydrogen-bond donors (Lipinski definition) is 1. The highest BCUT2D eigenvalue weighted by atomic mass is 35.5. The highest BCUT2D eigenvalue weighted by Gasteiger charge is 2.33. The second kappa shape index (κ2) is 7.81. The lowest BCUT2D eigenvalue weighted by atomic mass is 10.0. The molecule has 0 aromatic heterocycles. The second-order valence-electron chi connectivity index (χ2n) is 5.54. The molecule has 1 saturated heterocycles. The van der Waals surface area contributed by atoms with Crippen molar-refractivity contribution in [1.29, 1.82) is 0 Å². The van der Waals surface area contributed by atoms with Crippen molar-refractivity contribution in [2.24, 2.45) is 4.99 Å². The molecule has 0 bridgehead atoms. The quantitative estimate of drug-likeness (QED) is 0.621. The SMILES string of the molecule is C=N/C=C(\C=C\[C@H]1NC(=O)O[C@@H]1c1ccc(Cl)cc1)c1ccccc1. The Balaban J connectivity index is 1.84. The monoisotopic (exact) mass is 352 g/mol. The molecule has 0 radical (unpaired) electrons. The number of amides is 1. The van der Waals surface area contributed by atoms with Crippen molar-refractivity contribution in [3.63, 3.8) is 0 Å². The van der Waals surface area contributed by atoms with Crippen molar-refractivity contribution in [3.8, 4) is 0 Å². The standard InChI is InChI=1S/C20H17ClN2O2/c1-22-13-16(14-5-3-2-4-6-14)9-12-18-19(25-20(24)23-18)15-7-10-17(21)11-8-15/h2-13,18-19H,1H2,(H,23,24)/b12-9+,16-13+/t18-,19-/m1/s1. The van der Waals surface area contributed by atoms with Crippen LogP contribution >= 0.6 is 11.6 Å². The van der Waals surface area contributed by atoms with Gasteiger partial charge in [-0.3, -0.25) is 4.99 Å². The van der Waals surface area contributed by atoms with E-state index in [-0.39, 0.29) is 6.04 Å². The predicted octanol–water partition coefficient (Wildman–Crippen LogP) is 4.79. The van der Waals surface area contributed by atoms with E-state index in [1.807, 2.05) is 54.6 Å². The molecular formula is C20H17ClN2O2. The van der Waals surface area contributed by atoms with E-state index >= 15 is 0 Å². The smallest absolute Gasteiger partial charge is 0.408 e. The molecule has 1 heterocycles. The molecule has 1 aliphatic rings. The Morgan fingerprint density at radius 2 is 1.88 bits per heavy atom. The first-order valence-corrected chi connectivity index (χ1v) is 8.17. The minimum Gasteiger partial charge on any atom is -0.439 e. The van der Waals surface area contributed by atoms with Gasteiger partial charge in [-0.15, -0.1) is 0 Å². The van der Waals surface area contributed by atoms with E-state index in [9.17, 15) is 4.79 Å². The number of aliphatic imine (C=N–C) groups is 1. The van der Waals surface area contributed by atoms with Crippen LogP contribution in [-0.2, 0) is 4.74 Å². The van der Waals surface area contributed by atoms with Gasteiger partial charge in [-0.05, 0) is 35.6 Å². The van der Waals surface area contributed by atoms with Gasteiger partial charge in [0.25, 0.3) is 0 Å². The second-order valence-corrected chi connectivity index (χ2v) is 5.98. The third kappa shape index (κ3) is 4.17. The zero-order valence-electron chi connectivity index (χ0n) is 13.4. The number of rotatable bonds is 5. The summed E-state index contributed by atoms with van der Waals surface area (Å²) < 4.78 is 5.40. The number of alkyl carbamates (subject to hydrolysis) is 1. The minimum absolute atomic E-state index is 0.286. The predicted molar refractivity (Wildman–Crippen MR) is 101 cm³/mol. The van der Waals surface area contributed by atoms with Gasteiger partial charge < -0.3 is 10.1 Å². The first-order chi connectivity index (χ1) is 12.2. The van der Waals surface area contributed by atoms with Crippen LogP contribution in [0.4, 0.5) is 4.79 Å². The van der Waals surface area contributed by atoms with E-state index in [0.717, 1.165) is 16.7 Å². The molecule has 1 N–H and O–H groups in total. The van der Waals surface area contributed by atoms with E-state index in [4.69, 9.17) is 16.3 Å². The summed E-state index contributed by atoms with van der Waals surface area (Å²) in [5, 5.41) is 3.45. The van der Waals surface area contributed by atoms with Crippen LogP contribution in [0, 0.1) is 0 Å². The van der Waals surface area contributed by atoms with Gasteiger partial charge in [0, 0.05) is 11.2 Å². The fourth-order valence-electron chi connectivity index (χ4n) is 2.66. The molecule has 0 saturated carbocycles. The molecule has 1 aliphatic heterocycles. The zero-order valence-corrected chi connectivity index (χ0v) is 14.2. The van der Waals surface area contributed by atoms with Crippen molar-refractivity contribution in [1.82, 2.24) is 5.32 Å². The Hall–Kier alpha value is -2.85.